The van der Waals surface area contributed by atoms with Crippen LogP contribution in [0.2, 0.25) is 0 Å². The van der Waals surface area contributed by atoms with Crippen LogP contribution in [-0.2, 0) is 11.2 Å². The molecule has 1 heterocycles. The summed E-state index contributed by atoms with van der Waals surface area (Å²) in [5.41, 5.74) is 3.72. The zero-order chi connectivity index (χ0) is 11.3. The van der Waals surface area contributed by atoms with Crippen molar-refractivity contribution in [3.63, 3.8) is 0 Å². The normalized spacial score (nSPS) is 27.0. The number of furan rings is 1. The summed E-state index contributed by atoms with van der Waals surface area (Å²) in [6.07, 6.45) is 8.20. The van der Waals surface area contributed by atoms with Crippen molar-refractivity contribution in [2.24, 2.45) is 11.3 Å². The number of hydrogen-bond acceptors (Lipinski definition) is 2. The van der Waals surface area contributed by atoms with Crippen LogP contribution in [0.5, 0.6) is 0 Å². The lowest BCUT2D eigenvalue weighted by atomic mass is 9.89. The van der Waals surface area contributed by atoms with Crippen molar-refractivity contribution >= 4 is 11.9 Å². The van der Waals surface area contributed by atoms with Crippen LogP contribution in [0.25, 0.3) is 6.08 Å². The molecular weight excluding hydrogens is 200 g/mol. The molecule has 2 nitrogen and oxygen atoms in total. The van der Waals surface area contributed by atoms with Gasteiger partial charge >= 0.3 is 0 Å². The molecule has 2 aliphatic rings. The van der Waals surface area contributed by atoms with E-state index in [0.29, 0.717) is 12.2 Å². The second-order valence-corrected chi connectivity index (χ2v) is 5.81. The zero-order valence-electron chi connectivity index (χ0n) is 9.75. The fraction of sp³-hybridized carbons (Fsp3) is 0.500. The molecular formula is C14H16O2. The van der Waals surface area contributed by atoms with E-state index in [1.54, 1.807) is 12.5 Å². The largest absolute Gasteiger partial charge is 0.472 e. The molecule has 84 valence electrons. The van der Waals surface area contributed by atoms with Gasteiger partial charge in [-0.05, 0) is 18.3 Å². The number of carbonyl (C=O) groups is 1. The molecule has 1 saturated carbocycles. The number of Topliss-reactive ketones (excluding diaryl/α,β-unsaturated/α-hetero) is 1. The molecule has 1 atom stereocenters. The van der Waals surface area contributed by atoms with Crippen molar-refractivity contribution in [1.29, 1.82) is 0 Å². The Kier molecular flexibility index (Phi) is 1.91. The fourth-order valence-corrected chi connectivity index (χ4v) is 3.02. The van der Waals surface area contributed by atoms with Gasteiger partial charge in [-0.25, -0.2) is 0 Å². The van der Waals surface area contributed by atoms with Gasteiger partial charge in [0.2, 0.25) is 0 Å². The van der Waals surface area contributed by atoms with Crippen molar-refractivity contribution in [2.45, 2.75) is 33.1 Å². The van der Waals surface area contributed by atoms with Crippen LogP contribution in [0.4, 0.5) is 0 Å². The van der Waals surface area contributed by atoms with Gasteiger partial charge in [-0.2, -0.15) is 0 Å². The fourth-order valence-electron chi connectivity index (χ4n) is 3.02. The third-order valence-electron chi connectivity index (χ3n) is 3.76. The van der Waals surface area contributed by atoms with E-state index in [4.69, 9.17) is 4.42 Å². The summed E-state index contributed by atoms with van der Waals surface area (Å²) in [6, 6.07) is 0. The lowest BCUT2D eigenvalue weighted by Crippen LogP contribution is -2.15. The monoisotopic (exact) mass is 216 g/mol. The second kappa shape index (κ2) is 3.09. The van der Waals surface area contributed by atoms with Gasteiger partial charge in [0.15, 0.2) is 0 Å². The molecule has 0 saturated heterocycles. The average Bonchev–Trinajstić information content (AvgIpc) is 2.69. The minimum absolute atomic E-state index is 0.155. The number of fused-ring (bicyclic) bond motifs is 2. The summed E-state index contributed by atoms with van der Waals surface area (Å²) in [7, 11) is 0. The zero-order valence-corrected chi connectivity index (χ0v) is 9.75. The number of carbonyl (C=O) groups excluding carboxylic acids is 1. The molecule has 0 aromatic carbocycles. The predicted octanol–water partition coefficient (Wildman–Crippen LogP) is 3.22. The molecule has 0 N–H and O–H groups in total. The summed E-state index contributed by atoms with van der Waals surface area (Å²) >= 11 is 0. The lowest BCUT2D eigenvalue weighted by molar-refractivity contribution is -0.121. The van der Waals surface area contributed by atoms with Gasteiger partial charge in [0.05, 0.1) is 12.5 Å². The highest BCUT2D eigenvalue weighted by molar-refractivity contribution is 5.90. The van der Waals surface area contributed by atoms with E-state index in [2.05, 4.69) is 19.9 Å². The Labute approximate surface area is 95.3 Å². The Hall–Kier alpha value is -1.31. The Balaban J connectivity index is 2.08. The molecule has 1 aromatic heterocycles. The first-order valence-electron chi connectivity index (χ1n) is 5.83. The first-order valence-corrected chi connectivity index (χ1v) is 5.83. The molecule has 0 radical (unpaired) electrons. The molecule has 0 bridgehead atoms. The SMILES string of the molecule is CC1(C)CC2=Cc3cocc3CC(=O)C2C1. The third kappa shape index (κ3) is 1.44. The van der Waals surface area contributed by atoms with Crippen LogP contribution in [0.15, 0.2) is 22.5 Å². The summed E-state index contributed by atoms with van der Waals surface area (Å²) in [5.74, 6) is 0.513. The maximum atomic E-state index is 12.2. The number of ketones is 1. The van der Waals surface area contributed by atoms with Crippen LogP contribution in [0.3, 0.4) is 0 Å². The van der Waals surface area contributed by atoms with E-state index < -0.39 is 0 Å². The molecule has 0 amide bonds. The van der Waals surface area contributed by atoms with E-state index >= 15 is 0 Å². The second-order valence-electron chi connectivity index (χ2n) is 5.81. The summed E-state index contributed by atoms with van der Waals surface area (Å²) < 4.78 is 5.17. The van der Waals surface area contributed by atoms with E-state index in [9.17, 15) is 4.79 Å². The molecule has 1 fully saturated rings. The van der Waals surface area contributed by atoms with Gasteiger partial charge in [-0.1, -0.05) is 25.5 Å². The van der Waals surface area contributed by atoms with E-state index in [1.807, 2.05) is 0 Å². The van der Waals surface area contributed by atoms with Gasteiger partial charge in [0.1, 0.15) is 5.78 Å². The number of allylic oxidation sites excluding steroid dienone is 1. The van der Waals surface area contributed by atoms with Crippen LogP contribution in [-0.4, -0.2) is 5.78 Å². The average molecular weight is 216 g/mol. The van der Waals surface area contributed by atoms with Crippen molar-refractivity contribution < 1.29 is 9.21 Å². The quantitative estimate of drug-likeness (QED) is 0.666. The molecule has 2 aliphatic carbocycles. The van der Waals surface area contributed by atoms with Gasteiger partial charge in [-0.15, -0.1) is 0 Å². The van der Waals surface area contributed by atoms with Crippen molar-refractivity contribution in [3.8, 4) is 0 Å². The van der Waals surface area contributed by atoms with Gasteiger partial charge < -0.3 is 4.42 Å². The topological polar surface area (TPSA) is 30.2 Å². The van der Waals surface area contributed by atoms with E-state index in [1.165, 1.54) is 5.57 Å². The first kappa shape index (κ1) is 9.88. The maximum Gasteiger partial charge on any atom is 0.144 e. The Morgan fingerprint density at radius 3 is 3.00 bits per heavy atom. The predicted molar refractivity (Wildman–Crippen MR) is 61.9 cm³/mol. The van der Waals surface area contributed by atoms with Crippen LogP contribution in [0, 0.1) is 11.3 Å². The minimum atomic E-state index is 0.155. The highest BCUT2D eigenvalue weighted by Gasteiger charge is 2.40. The Bertz CT molecular complexity index is 477. The summed E-state index contributed by atoms with van der Waals surface area (Å²) in [6.45, 7) is 4.48. The van der Waals surface area contributed by atoms with Gasteiger partial charge in [0, 0.05) is 23.5 Å². The molecule has 0 spiro atoms. The Morgan fingerprint density at radius 2 is 2.19 bits per heavy atom. The van der Waals surface area contributed by atoms with E-state index in [0.717, 1.165) is 24.0 Å². The highest BCUT2D eigenvalue weighted by Crippen LogP contribution is 2.47. The van der Waals surface area contributed by atoms with Crippen LogP contribution < -0.4 is 0 Å². The lowest BCUT2D eigenvalue weighted by Gasteiger charge is -2.15. The standard InChI is InChI=1S/C14H16O2/c1-14(2)5-9-3-10-7-16-8-11(10)4-13(15)12(9)6-14/h3,7-8,12H,4-6H2,1-2H3. The van der Waals surface area contributed by atoms with E-state index in [-0.39, 0.29) is 11.3 Å². The van der Waals surface area contributed by atoms with Crippen molar-refractivity contribution in [2.75, 3.05) is 0 Å². The molecule has 16 heavy (non-hydrogen) atoms. The Morgan fingerprint density at radius 1 is 1.38 bits per heavy atom. The first-order chi connectivity index (χ1) is 7.55. The van der Waals surface area contributed by atoms with Gasteiger partial charge in [0.25, 0.3) is 0 Å². The van der Waals surface area contributed by atoms with Crippen molar-refractivity contribution in [1.82, 2.24) is 0 Å². The summed E-state index contributed by atoms with van der Waals surface area (Å²) in [4.78, 5) is 12.2. The molecule has 2 heteroatoms. The van der Waals surface area contributed by atoms with Gasteiger partial charge in [-0.3, -0.25) is 4.79 Å². The van der Waals surface area contributed by atoms with Crippen molar-refractivity contribution in [3.05, 3.63) is 29.2 Å². The molecule has 3 rings (SSSR count). The number of rotatable bonds is 0. The number of hydrogen-bond donors (Lipinski definition) is 0. The molecule has 0 aliphatic heterocycles. The maximum absolute atomic E-state index is 12.2. The summed E-state index contributed by atoms with van der Waals surface area (Å²) in [5, 5.41) is 0. The van der Waals surface area contributed by atoms with Crippen LogP contribution in [0.1, 0.15) is 37.8 Å². The van der Waals surface area contributed by atoms with Crippen LogP contribution >= 0.6 is 0 Å². The highest BCUT2D eigenvalue weighted by atomic mass is 16.3. The molecule has 1 unspecified atom stereocenters. The smallest absolute Gasteiger partial charge is 0.144 e. The molecule has 1 aromatic rings. The minimum Gasteiger partial charge on any atom is -0.472 e. The third-order valence-corrected chi connectivity index (χ3v) is 3.76.